The van der Waals surface area contributed by atoms with E-state index >= 15 is 0 Å². The quantitative estimate of drug-likeness (QED) is 0.650. The Morgan fingerprint density at radius 1 is 1.43 bits per heavy atom. The number of nitrogens with zero attached hydrogens (tertiary/aromatic N) is 4. The number of aryl methyl sites for hydroxylation is 4. The first-order chi connectivity index (χ1) is 10.0. The zero-order valence-electron chi connectivity index (χ0n) is 12.3. The first-order valence-corrected chi connectivity index (χ1v) is 7.71. The average Bonchev–Trinajstić information content (AvgIpc) is 2.83. The first-order valence-electron chi connectivity index (χ1n) is 6.72. The molecule has 0 fully saturated rings. The fourth-order valence-electron chi connectivity index (χ4n) is 1.99. The Bertz CT molecular complexity index is 654. The largest absolute Gasteiger partial charge is 0.478 e. The number of aromatic nitrogens is 4. The lowest BCUT2D eigenvalue weighted by atomic mass is 10.2. The highest BCUT2D eigenvalue weighted by molar-refractivity contribution is 7.99. The van der Waals surface area contributed by atoms with E-state index in [1.807, 2.05) is 24.7 Å². The van der Waals surface area contributed by atoms with Crippen molar-refractivity contribution >= 4 is 17.7 Å². The van der Waals surface area contributed by atoms with E-state index in [1.165, 1.54) is 11.8 Å². The van der Waals surface area contributed by atoms with Crippen LogP contribution in [-0.4, -0.2) is 36.3 Å². The molecule has 6 nitrogen and oxygen atoms in total. The maximum atomic E-state index is 11.4. The molecule has 21 heavy (non-hydrogen) atoms. The van der Waals surface area contributed by atoms with Gasteiger partial charge < -0.3 is 9.67 Å². The molecule has 0 aliphatic rings. The second-order valence-corrected chi connectivity index (χ2v) is 5.70. The normalized spacial score (nSPS) is 10.8. The van der Waals surface area contributed by atoms with Crippen LogP contribution in [0.15, 0.2) is 17.4 Å². The van der Waals surface area contributed by atoms with Gasteiger partial charge in [0.1, 0.15) is 22.2 Å². The van der Waals surface area contributed by atoms with Gasteiger partial charge in [0.25, 0.3) is 0 Å². The second-order valence-electron chi connectivity index (χ2n) is 4.62. The van der Waals surface area contributed by atoms with E-state index in [4.69, 9.17) is 0 Å². The van der Waals surface area contributed by atoms with E-state index in [2.05, 4.69) is 15.0 Å². The van der Waals surface area contributed by atoms with Crippen molar-refractivity contribution in [3.05, 3.63) is 35.3 Å². The zero-order chi connectivity index (χ0) is 15.4. The minimum absolute atomic E-state index is 0.206. The van der Waals surface area contributed by atoms with Gasteiger partial charge in [-0.15, -0.1) is 11.8 Å². The summed E-state index contributed by atoms with van der Waals surface area (Å²) in [7, 11) is 1.94. The fourth-order valence-corrected chi connectivity index (χ4v) is 3.01. The molecule has 2 rings (SSSR count). The Balaban J connectivity index is 2.16. The molecule has 0 aliphatic heterocycles. The number of carboxylic acid groups (broad SMARTS) is 1. The standard InChI is InChI=1S/C14H18N4O2S/c1-4-10-16-9(2)12(14(19)20)13(17-10)21-8-5-11-15-6-7-18(11)3/h6-7H,4-5,8H2,1-3H3,(H,19,20). The SMILES string of the molecule is CCc1nc(C)c(C(=O)O)c(SCCc2nccn2C)n1. The lowest BCUT2D eigenvalue weighted by Gasteiger charge is -2.09. The number of carboxylic acids is 1. The number of hydrogen-bond donors (Lipinski definition) is 1. The summed E-state index contributed by atoms with van der Waals surface area (Å²) in [5.41, 5.74) is 0.728. The third-order valence-corrected chi connectivity index (χ3v) is 4.10. The van der Waals surface area contributed by atoms with Crippen molar-refractivity contribution in [2.24, 2.45) is 7.05 Å². The van der Waals surface area contributed by atoms with Crippen LogP contribution < -0.4 is 0 Å². The molecule has 7 heteroatoms. The smallest absolute Gasteiger partial charge is 0.340 e. The lowest BCUT2D eigenvalue weighted by Crippen LogP contribution is -2.10. The summed E-state index contributed by atoms with van der Waals surface area (Å²) in [5.74, 6) is 1.40. The number of aromatic carboxylic acids is 1. The van der Waals surface area contributed by atoms with Crippen molar-refractivity contribution in [2.75, 3.05) is 5.75 Å². The molecule has 0 saturated carbocycles. The molecule has 2 heterocycles. The Labute approximate surface area is 127 Å². The van der Waals surface area contributed by atoms with E-state index in [-0.39, 0.29) is 5.56 Å². The molecule has 0 unspecified atom stereocenters. The highest BCUT2D eigenvalue weighted by Gasteiger charge is 2.18. The molecule has 0 saturated heterocycles. The fraction of sp³-hybridized carbons (Fsp3) is 0.429. The molecule has 0 spiro atoms. The number of hydrogen-bond acceptors (Lipinski definition) is 5. The summed E-state index contributed by atoms with van der Waals surface area (Å²) in [6.07, 6.45) is 5.10. The molecule has 1 N–H and O–H groups in total. The van der Waals surface area contributed by atoms with Crippen LogP contribution in [0, 0.1) is 6.92 Å². The first kappa shape index (κ1) is 15.5. The van der Waals surface area contributed by atoms with E-state index in [1.54, 1.807) is 13.1 Å². The van der Waals surface area contributed by atoms with Crippen molar-refractivity contribution < 1.29 is 9.90 Å². The van der Waals surface area contributed by atoms with Crippen LogP contribution in [0.1, 0.15) is 34.6 Å². The van der Waals surface area contributed by atoms with Crippen molar-refractivity contribution in [1.29, 1.82) is 0 Å². The van der Waals surface area contributed by atoms with Gasteiger partial charge >= 0.3 is 5.97 Å². The molecule has 0 atom stereocenters. The van der Waals surface area contributed by atoms with Gasteiger partial charge in [-0.1, -0.05) is 6.92 Å². The van der Waals surface area contributed by atoms with Crippen molar-refractivity contribution in [1.82, 2.24) is 19.5 Å². The summed E-state index contributed by atoms with van der Waals surface area (Å²) in [4.78, 5) is 24.2. The van der Waals surface area contributed by atoms with Crippen LogP contribution in [0.3, 0.4) is 0 Å². The third-order valence-electron chi connectivity index (χ3n) is 3.12. The molecule has 0 aromatic carbocycles. The number of carbonyl (C=O) groups is 1. The van der Waals surface area contributed by atoms with Crippen LogP contribution in [0.2, 0.25) is 0 Å². The number of thioether (sulfide) groups is 1. The maximum absolute atomic E-state index is 11.4. The molecular weight excluding hydrogens is 288 g/mol. The Hall–Kier alpha value is -1.89. The van der Waals surface area contributed by atoms with Gasteiger partial charge in [-0.25, -0.2) is 19.7 Å². The molecule has 0 bridgehead atoms. The van der Waals surface area contributed by atoms with Crippen LogP contribution in [-0.2, 0) is 19.9 Å². The number of rotatable bonds is 6. The van der Waals surface area contributed by atoms with Gasteiger partial charge in [0.2, 0.25) is 0 Å². The number of imidazole rings is 1. The molecule has 112 valence electrons. The van der Waals surface area contributed by atoms with E-state index in [0.29, 0.717) is 23.0 Å². The Morgan fingerprint density at radius 3 is 2.76 bits per heavy atom. The van der Waals surface area contributed by atoms with Crippen LogP contribution in [0.25, 0.3) is 0 Å². The summed E-state index contributed by atoms with van der Waals surface area (Å²) >= 11 is 1.44. The highest BCUT2D eigenvalue weighted by atomic mass is 32.2. The van der Waals surface area contributed by atoms with Crippen LogP contribution >= 0.6 is 11.8 Å². The average molecular weight is 306 g/mol. The summed E-state index contributed by atoms with van der Waals surface area (Å²) in [6.45, 7) is 3.67. The Morgan fingerprint density at radius 2 is 2.19 bits per heavy atom. The molecule has 2 aromatic rings. The summed E-state index contributed by atoms with van der Waals surface area (Å²) in [5, 5.41) is 9.87. The summed E-state index contributed by atoms with van der Waals surface area (Å²) in [6, 6.07) is 0. The zero-order valence-corrected chi connectivity index (χ0v) is 13.1. The van der Waals surface area contributed by atoms with Gasteiger partial charge in [0, 0.05) is 38.0 Å². The van der Waals surface area contributed by atoms with E-state index < -0.39 is 5.97 Å². The topological polar surface area (TPSA) is 80.9 Å². The molecule has 2 aromatic heterocycles. The maximum Gasteiger partial charge on any atom is 0.340 e. The van der Waals surface area contributed by atoms with Crippen LogP contribution in [0.4, 0.5) is 0 Å². The highest BCUT2D eigenvalue weighted by Crippen LogP contribution is 2.23. The minimum atomic E-state index is -0.977. The predicted molar refractivity (Wildman–Crippen MR) is 80.7 cm³/mol. The van der Waals surface area contributed by atoms with Gasteiger partial charge in [0.05, 0.1) is 5.69 Å². The molecular formula is C14H18N4O2S. The van der Waals surface area contributed by atoms with E-state index in [9.17, 15) is 9.90 Å². The van der Waals surface area contributed by atoms with Crippen LogP contribution in [0.5, 0.6) is 0 Å². The van der Waals surface area contributed by atoms with Crippen molar-refractivity contribution in [3.8, 4) is 0 Å². The molecule has 0 amide bonds. The Kier molecular flexibility index (Phi) is 4.95. The van der Waals surface area contributed by atoms with Gasteiger partial charge in [0.15, 0.2) is 0 Å². The van der Waals surface area contributed by atoms with Gasteiger partial charge in [-0.2, -0.15) is 0 Å². The lowest BCUT2D eigenvalue weighted by molar-refractivity contribution is 0.0690. The van der Waals surface area contributed by atoms with E-state index in [0.717, 1.165) is 18.0 Å². The third kappa shape index (κ3) is 3.60. The molecule has 0 aliphatic carbocycles. The minimum Gasteiger partial charge on any atom is -0.478 e. The predicted octanol–water partition coefficient (Wildman–Crippen LogP) is 2.11. The van der Waals surface area contributed by atoms with Crippen molar-refractivity contribution in [2.45, 2.75) is 31.7 Å². The van der Waals surface area contributed by atoms with Gasteiger partial charge in [-0.05, 0) is 6.92 Å². The van der Waals surface area contributed by atoms with Gasteiger partial charge in [-0.3, -0.25) is 0 Å². The molecule has 0 radical (unpaired) electrons. The second kappa shape index (κ2) is 6.71. The summed E-state index contributed by atoms with van der Waals surface area (Å²) < 4.78 is 1.96. The monoisotopic (exact) mass is 306 g/mol. The van der Waals surface area contributed by atoms with Crippen molar-refractivity contribution in [3.63, 3.8) is 0 Å².